The number of nitrogens with one attached hydrogen (secondary N) is 1. The van der Waals surface area contributed by atoms with E-state index in [1.807, 2.05) is 0 Å². The number of amides is 1. The maximum absolute atomic E-state index is 13.0. The molecule has 1 amide bonds. The molecule has 2 rings (SSSR count). The maximum atomic E-state index is 13.0. The third-order valence-corrected chi connectivity index (χ3v) is 5.98. The predicted molar refractivity (Wildman–Crippen MR) is 98.7 cm³/mol. The Bertz CT molecular complexity index is 1050. The minimum atomic E-state index is -4.76. The number of sulfone groups is 1. The second-order valence-corrected chi connectivity index (χ2v) is 9.21. The smallest absolute Gasteiger partial charge is 0.416 e. The molecule has 0 aliphatic heterocycles. The summed E-state index contributed by atoms with van der Waals surface area (Å²) in [6.45, 7) is -0.687. The monoisotopic (exact) mass is 543 g/mol. The van der Waals surface area contributed by atoms with Crippen molar-refractivity contribution in [2.24, 2.45) is 0 Å². The Labute approximate surface area is 173 Å². The van der Waals surface area contributed by atoms with E-state index in [2.05, 4.69) is 37.2 Å². The molecule has 0 fully saturated rings. The summed E-state index contributed by atoms with van der Waals surface area (Å²) >= 11 is 5.90. The van der Waals surface area contributed by atoms with Crippen molar-refractivity contribution in [1.82, 2.24) is 5.32 Å². The van der Waals surface area contributed by atoms with Crippen LogP contribution in [-0.4, -0.2) is 31.9 Å². The van der Waals surface area contributed by atoms with Crippen molar-refractivity contribution < 1.29 is 36.3 Å². The minimum Gasteiger partial charge on any atom is -0.480 e. The van der Waals surface area contributed by atoms with Crippen molar-refractivity contribution in [3.05, 3.63) is 56.5 Å². The lowest BCUT2D eigenvalue weighted by molar-refractivity contribution is -0.138. The van der Waals surface area contributed by atoms with Crippen LogP contribution in [0.2, 0.25) is 0 Å². The minimum absolute atomic E-state index is 0.0877. The van der Waals surface area contributed by atoms with Gasteiger partial charge in [-0.15, -0.1) is 0 Å². The molecule has 0 unspecified atom stereocenters. The fourth-order valence-corrected chi connectivity index (χ4v) is 4.81. The summed E-state index contributed by atoms with van der Waals surface area (Å²) in [5, 5.41) is 10.7. The van der Waals surface area contributed by atoms with Crippen molar-refractivity contribution in [2.75, 3.05) is 6.54 Å². The number of alkyl halides is 3. The summed E-state index contributed by atoms with van der Waals surface area (Å²) < 4.78 is 64.7. The lowest BCUT2D eigenvalue weighted by atomic mass is 10.2. The van der Waals surface area contributed by atoms with Gasteiger partial charge in [-0.05, 0) is 36.4 Å². The number of carbonyl (C=O) groups excluding carboxylic acids is 1. The molecule has 0 atom stereocenters. The number of aliphatic carboxylic acids is 1. The van der Waals surface area contributed by atoms with Crippen molar-refractivity contribution in [3.8, 4) is 0 Å². The molecule has 0 aliphatic rings. The Kier molecular flexibility index (Phi) is 6.56. The maximum Gasteiger partial charge on any atom is 0.416 e. The standard InChI is InChI=1S/C16H10Br2F3NO5S/c17-10-1-8(15(25)22-7-14(23)24)2-12(5-10)28(26,27)13-4-9(16(19,20)21)3-11(18)6-13/h1-6H,7H2,(H,22,25)(H,23,24). The third kappa shape index (κ3) is 5.32. The van der Waals surface area contributed by atoms with Crippen LogP contribution in [0.25, 0.3) is 0 Å². The quantitative estimate of drug-likeness (QED) is 0.595. The highest BCUT2D eigenvalue weighted by atomic mass is 79.9. The Morgan fingerprint density at radius 3 is 2.04 bits per heavy atom. The van der Waals surface area contributed by atoms with E-state index in [4.69, 9.17) is 5.11 Å². The second kappa shape index (κ2) is 8.21. The van der Waals surface area contributed by atoms with E-state index < -0.39 is 49.8 Å². The molecule has 12 heteroatoms. The lowest BCUT2D eigenvalue weighted by Crippen LogP contribution is -2.29. The van der Waals surface area contributed by atoms with Crippen LogP contribution in [0.3, 0.4) is 0 Å². The molecular formula is C16H10Br2F3NO5S. The van der Waals surface area contributed by atoms with Crippen molar-refractivity contribution in [3.63, 3.8) is 0 Å². The van der Waals surface area contributed by atoms with Gasteiger partial charge in [0.15, 0.2) is 0 Å². The number of carbonyl (C=O) groups is 2. The van der Waals surface area contributed by atoms with Crippen LogP contribution >= 0.6 is 31.9 Å². The molecule has 0 bridgehead atoms. The highest BCUT2D eigenvalue weighted by Gasteiger charge is 2.33. The summed E-state index contributed by atoms with van der Waals surface area (Å²) in [5.41, 5.74) is -1.34. The van der Waals surface area contributed by atoms with E-state index in [9.17, 15) is 31.2 Å². The molecule has 0 aliphatic carbocycles. The van der Waals surface area contributed by atoms with Crippen LogP contribution in [0, 0.1) is 0 Å². The molecule has 28 heavy (non-hydrogen) atoms. The summed E-state index contributed by atoms with van der Waals surface area (Å²) in [4.78, 5) is 21.5. The highest BCUT2D eigenvalue weighted by molar-refractivity contribution is 9.10. The van der Waals surface area contributed by atoms with Crippen molar-refractivity contribution >= 4 is 53.6 Å². The zero-order valence-corrected chi connectivity index (χ0v) is 17.5. The molecule has 0 aromatic heterocycles. The average Bonchev–Trinajstić information content (AvgIpc) is 2.57. The molecule has 6 nitrogen and oxygen atoms in total. The first-order valence-corrected chi connectivity index (χ1v) is 10.3. The molecule has 0 saturated heterocycles. The zero-order chi connectivity index (χ0) is 21.3. The van der Waals surface area contributed by atoms with Gasteiger partial charge >= 0.3 is 12.1 Å². The van der Waals surface area contributed by atoms with Crippen LogP contribution in [0.15, 0.2) is 55.1 Å². The van der Waals surface area contributed by atoms with Crippen LogP contribution in [0.5, 0.6) is 0 Å². The van der Waals surface area contributed by atoms with Crippen LogP contribution in [0.1, 0.15) is 15.9 Å². The van der Waals surface area contributed by atoms with Gasteiger partial charge in [0.1, 0.15) is 6.54 Å². The SMILES string of the molecule is O=C(O)CNC(=O)c1cc(Br)cc(S(=O)(=O)c2cc(Br)cc(C(F)(F)F)c2)c1. The fraction of sp³-hybridized carbons (Fsp3) is 0.125. The van der Waals surface area contributed by atoms with Crippen LogP contribution < -0.4 is 5.32 Å². The first-order chi connectivity index (χ1) is 12.8. The lowest BCUT2D eigenvalue weighted by Gasteiger charge is -2.12. The molecular weight excluding hydrogens is 535 g/mol. The second-order valence-electron chi connectivity index (χ2n) is 5.43. The molecule has 0 heterocycles. The van der Waals surface area contributed by atoms with Crippen molar-refractivity contribution in [2.45, 2.75) is 16.0 Å². The van der Waals surface area contributed by atoms with Gasteiger partial charge in [0, 0.05) is 14.5 Å². The highest BCUT2D eigenvalue weighted by Crippen LogP contribution is 2.35. The summed E-state index contributed by atoms with van der Waals surface area (Å²) in [6, 6.07) is 5.56. The van der Waals surface area contributed by atoms with Gasteiger partial charge in [-0.3, -0.25) is 9.59 Å². The Morgan fingerprint density at radius 2 is 1.50 bits per heavy atom. The number of hydrogen-bond acceptors (Lipinski definition) is 4. The number of halogens is 5. The Hall–Kier alpha value is -1.92. The van der Waals surface area contributed by atoms with Crippen molar-refractivity contribution in [1.29, 1.82) is 0 Å². The fourth-order valence-electron chi connectivity index (χ4n) is 2.12. The molecule has 2 N–H and O–H groups in total. The number of carboxylic acids is 1. The van der Waals surface area contributed by atoms with E-state index >= 15 is 0 Å². The number of carboxylic acid groups (broad SMARTS) is 1. The molecule has 2 aromatic rings. The van der Waals surface area contributed by atoms with Gasteiger partial charge in [-0.25, -0.2) is 8.42 Å². The predicted octanol–water partition coefficient (Wildman–Crippen LogP) is 3.88. The average molecular weight is 545 g/mol. The first kappa shape index (κ1) is 22.4. The normalized spacial score (nSPS) is 11.9. The molecule has 0 spiro atoms. The molecule has 0 radical (unpaired) electrons. The summed E-state index contributed by atoms with van der Waals surface area (Å²) in [7, 11) is -4.41. The number of benzene rings is 2. The number of hydrogen-bond donors (Lipinski definition) is 2. The Balaban J connectivity index is 2.54. The van der Waals surface area contributed by atoms with Gasteiger partial charge in [0.2, 0.25) is 9.84 Å². The van der Waals surface area contributed by atoms with E-state index in [-0.39, 0.29) is 14.5 Å². The van der Waals surface area contributed by atoms with Crippen LogP contribution in [0.4, 0.5) is 13.2 Å². The Morgan fingerprint density at radius 1 is 0.964 bits per heavy atom. The van der Waals surface area contributed by atoms with E-state index in [0.29, 0.717) is 6.07 Å². The van der Waals surface area contributed by atoms with E-state index in [1.165, 1.54) is 6.07 Å². The topological polar surface area (TPSA) is 101 Å². The van der Waals surface area contributed by atoms with Gasteiger partial charge in [-0.2, -0.15) is 13.2 Å². The first-order valence-electron chi connectivity index (χ1n) is 7.24. The molecule has 150 valence electrons. The van der Waals surface area contributed by atoms with Gasteiger partial charge in [0.25, 0.3) is 5.91 Å². The summed E-state index contributed by atoms with van der Waals surface area (Å²) in [5.74, 6) is -2.16. The number of rotatable bonds is 5. The van der Waals surface area contributed by atoms with Crippen LogP contribution in [-0.2, 0) is 20.8 Å². The zero-order valence-electron chi connectivity index (χ0n) is 13.5. The van der Waals surface area contributed by atoms with E-state index in [0.717, 1.165) is 24.3 Å². The largest absolute Gasteiger partial charge is 0.480 e. The van der Waals surface area contributed by atoms with E-state index in [1.54, 1.807) is 0 Å². The summed E-state index contributed by atoms with van der Waals surface area (Å²) in [6.07, 6.45) is -4.76. The molecule has 0 saturated carbocycles. The van der Waals surface area contributed by atoms with Gasteiger partial charge in [-0.1, -0.05) is 31.9 Å². The van der Waals surface area contributed by atoms with Gasteiger partial charge in [0.05, 0.1) is 15.4 Å². The third-order valence-electron chi connectivity index (χ3n) is 3.35. The van der Waals surface area contributed by atoms with Gasteiger partial charge < -0.3 is 10.4 Å². The molecule has 2 aromatic carbocycles.